The van der Waals surface area contributed by atoms with E-state index >= 15 is 0 Å². The van der Waals surface area contributed by atoms with Crippen molar-refractivity contribution in [1.82, 2.24) is 4.90 Å². The van der Waals surface area contributed by atoms with Gasteiger partial charge in [-0.05, 0) is 57.3 Å². The number of hydrogen-bond donors (Lipinski definition) is 0. The van der Waals surface area contributed by atoms with Crippen molar-refractivity contribution >= 4 is 5.78 Å². The molecular formula is C28H31NO4. The van der Waals surface area contributed by atoms with E-state index in [1.165, 1.54) is 11.1 Å². The van der Waals surface area contributed by atoms with Crippen molar-refractivity contribution < 1.29 is 19.0 Å². The first-order valence-corrected chi connectivity index (χ1v) is 12.2. The second-order valence-electron chi connectivity index (χ2n) is 10.9. The number of methoxy groups -OCH3 is 2. The maximum absolute atomic E-state index is 14.0. The number of rotatable bonds is 4. The number of benzene rings is 2. The van der Waals surface area contributed by atoms with Gasteiger partial charge in [0.05, 0.1) is 13.0 Å². The second kappa shape index (κ2) is 6.39. The van der Waals surface area contributed by atoms with Crippen LogP contribution in [0.25, 0.3) is 0 Å². The van der Waals surface area contributed by atoms with Crippen molar-refractivity contribution in [3.8, 4) is 11.5 Å². The maximum Gasteiger partial charge on any atom is 0.168 e. The monoisotopic (exact) mass is 445 g/mol. The highest BCUT2D eigenvalue weighted by Gasteiger charge is 2.81. The van der Waals surface area contributed by atoms with Gasteiger partial charge in [0.1, 0.15) is 11.7 Å². The molecule has 2 spiro atoms. The molecule has 2 heterocycles. The number of nitrogens with zero attached hydrogens (tertiary/aromatic N) is 1. The van der Waals surface area contributed by atoms with Crippen LogP contribution in [0.1, 0.15) is 47.2 Å². The SMILES string of the molecule is COc1ccc2c3c1O[C@H]1C4(OC)CC[C@]5(C[C@@H]4C(=O)c4ccccc4)[C@@H](C2)N(C)CC[C@]315. The van der Waals surface area contributed by atoms with Crippen molar-refractivity contribution in [2.75, 3.05) is 27.8 Å². The van der Waals surface area contributed by atoms with Crippen molar-refractivity contribution in [3.05, 3.63) is 59.2 Å². The van der Waals surface area contributed by atoms with Gasteiger partial charge in [0, 0.05) is 35.1 Å². The summed E-state index contributed by atoms with van der Waals surface area (Å²) in [5.74, 6) is 1.70. The molecule has 0 N–H and O–H groups in total. The quantitative estimate of drug-likeness (QED) is 0.666. The first kappa shape index (κ1) is 20.0. The van der Waals surface area contributed by atoms with Crippen molar-refractivity contribution in [2.45, 2.75) is 55.3 Å². The third kappa shape index (κ3) is 2.07. The number of fused-ring (bicyclic) bond motifs is 2. The predicted molar refractivity (Wildman–Crippen MR) is 124 cm³/mol. The number of likely N-dealkylation sites (tertiary alicyclic amines) is 1. The highest BCUT2D eigenvalue weighted by molar-refractivity contribution is 5.99. The fourth-order valence-corrected chi connectivity index (χ4v) is 8.93. The minimum Gasteiger partial charge on any atom is -0.493 e. The number of hydrogen-bond acceptors (Lipinski definition) is 5. The van der Waals surface area contributed by atoms with Crippen molar-refractivity contribution in [3.63, 3.8) is 0 Å². The lowest BCUT2D eigenvalue weighted by atomic mass is 9.34. The summed E-state index contributed by atoms with van der Waals surface area (Å²) < 4.78 is 19.2. The van der Waals surface area contributed by atoms with E-state index in [0.29, 0.717) is 6.04 Å². The Hall–Kier alpha value is -2.37. The highest BCUT2D eigenvalue weighted by atomic mass is 16.6. The molecule has 1 saturated heterocycles. The van der Waals surface area contributed by atoms with Gasteiger partial charge in [0.25, 0.3) is 0 Å². The van der Waals surface area contributed by atoms with Gasteiger partial charge in [-0.1, -0.05) is 36.4 Å². The average molecular weight is 446 g/mol. The number of carbonyl (C=O) groups excluding carboxylic acids is 1. The van der Waals surface area contributed by atoms with Gasteiger partial charge in [0.15, 0.2) is 17.3 Å². The Bertz CT molecular complexity index is 1160. The summed E-state index contributed by atoms with van der Waals surface area (Å²) in [7, 11) is 5.78. The number of likely N-dealkylation sites (N-methyl/N-ethyl adjacent to an activating group) is 1. The van der Waals surface area contributed by atoms with E-state index in [4.69, 9.17) is 14.2 Å². The molecule has 2 aromatic carbocycles. The standard InChI is InChI=1S/C28H31NO4/c1-29-14-13-27-22-18-9-10-20(31-2)24(22)33-25(27)28(32-3)12-11-26(27,21(29)15-18)16-19(28)23(30)17-7-5-4-6-8-17/h4-10,19,21,25H,11-16H2,1-3H3/t19-,21-,25-,26+,27+,28?/m1/s1. The van der Waals surface area contributed by atoms with Crippen molar-refractivity contribution in [1.29, 1.82) is 0 Å². The van der Waals surface area contributed by atoms with Gasteiger partial charge in [-0.25, -0.2) is 0 Å². The van der Waals surface area contributed by atoms with Gasteiger partial charge in [-0.3, -0.25) is 4.79 Å². The Labute approximate surface area is 195 Å². The van der Waals surface area contributed by atoms with Crippen LogP contribution in [0.4, 0.5) is 0 Å². The molecule has 0 radical (unpaired) electrons. The number of Topliss-reactive ketones (excluding diaryl/α,β-unsaturated/α-hetero) is 1. The van der Waals surface area contributed by atoms with Crippen LogP contribution in [-0.2, 0) is 16.6 Å². The van der Waals surface area contributed by atoms with E-state index in [1.54, 1.807) is 14.2 Å². The smallest absolute Gasteiger partial charge is 0.168 e. The fraction of sp³-hybridized carbons (Fsp3) is 0.536. The summed E-state index contributed by atoms with van der Waals surface area (Å²) in [5.41, 5.74) is 2.78. The summed E-state index contributed by atoms with van der Waals surface area (Å²) >= 11 is 0. The van der Waals surface area contributed by atoms with Gasteiger partial charge in [-0.15, -0.1) is 0 Å². The molecule has 0 aromatic heterocycles. The zero-order chi connectivity index (χ0) is 22.6. The first-order chi connectivity index (χ1) is 16.0. The topological polar surface area (TPSA) is 48.0 Å². The van der Waals surface area contributed by atoms with Crippen LogP contribution in [0, 0.1) is 11.3 Å². The number of carbonyl (C=O) groups is 1. The molecule has 0 amide bonds. The lowest BCUT2D eigenvalue weighted by Crippen LogP contribution is -2.81. The van der Waals surface area contributed by atoms with Crippen LogP contribution in [0.15, 0.2) is 42.5 Å². The third-order valence-corrected chi connectivity index (χ3v) is 10.2. The van der Waals surface area contributed by atoms with Gasteiger partial charge >= 0.3 is 0 Å². The van der Waals surface area contributed by atoms with E-state index in [0.717, 1.165) is 55.7 Å². The molecule has 6 atom stereocenters. The number of piperidine rings is 1. The summed E-state index contributed by atoms with van der Waals surface area (Å²) in [5, 5.41) is 0. The molecule has 8 rings (SSSR count). The van der Waals surface area contributed by atoms with Crippen LogP contribution in [0.2, 0.25) is 0 Å². The van der Waals surface area contributed by atoms with Crippen LogP contribution in [0.3, 0.4) is 0 Å². The Balaban J connectivity index is 1.49. The molecule has 3 saturated carbocycles. The zero-order valence-corrected chi connectivity index (χ0v) is 19.6. The minimum absolute atomic E-state index is 0.00463. The summed E-state index contributed by atoms with van der Waals surface area (Å²) in [6.07, 6.45) is 4.66. The number of ketones is 1. The highest BCUT2D eigenvalue weighted by Crippen LogP contribution is 2.76. The lowest BCUT2D eigenvalue weighted by Gasteiger charge is -2.73. The fourth-order valence-electron chi connectivity index (χ4n) is 8.93. The Morgan fingerprint density at radius 1 is 1.09 bits per heavy atom. The maximum atomic E-state index is 14.0. The normalized spacial score (nSPS) is 39.7. The molecule has 1 unspecified atom stereocenters. The van der Waals surface area contributed by atoms with E-state index < -0.39 is 5.60 Å². The first-order valence-electron chi connectivity index (χ1n) is 12.2. The molecule has 4 bridgehead atoms. The molecule has 33 heavy (non-hydrogen) atoms. The van der Waals surface area contributed by atoms with Crippen molar-refractivity contribution in [2.24, 2.45) is 11.3 Å². The Morgan fingerprint density at radius 2 is 1.91 bits per heavy atom. The van der Waals surface area contributed by atoms with Crippen LogP contribution in [-0.4, -0.2) is 56.2 Å². The second-order valence-corrected chi connectivity index (χ2v) is 10.9. The molecule has 172 valence electrons. The van der Waals surface area contributed by atoms with Crippen LogP contribution in [0.5, 0.6) is 11.5 Å². The lowest BCUT2D eigenvalue weighted by molar-refractivity contribution is -0.265. The predicted octanol–water partition coefficient (Wildman–Crippen LogP) is 4.02. The Morgan fingerprint density at radius 3 is 2.67 bits per heavy atom. The molecular weight excluding hydrogens is 414 g/mol. The largest absolute Gasteiger partial charge is 0.493 e. The molecule has 2 aromatic rings. The van der Waals surface area contributed by atoms with Gasteiger partial charge in [-0.2, -0.15) is 0 Å². The molecule has 2 aliphatic heterocycles. The molecule has 5 nitrogen and oxygen atoms in total. The van der Waals surface area contributed by atoms with Crippen LogP contribution >= 0.6 is 0 Å². The van der Waals surface area contributed by atoms with Gasteiger partial charge < -0.3 is 19.1 Å². The zero-order valence-electron chi connectivity index (χ0n) is 19.6. The van der Waals surface area contributed by atoms with Crippen LogP contribution < -0.4 is 9.47 Å². The summed E-state index contributed by atoms with van der Waals surface area (Å²) in [6, 6.07) is 14.5. The summed E-state index contributed by atoms with van der Waals surface area (Å²) in [4.78, 5) is 16.6. The van der Waals surface area contributed by atoms with Gasteiger partial charge in [0.2, 0.25) is 0 Å². The molecule has 5 heteroatoms. The molecule has 4 aliphatic carbocycles. The number of ether oxygens (including phenoxy) is 3. The van der Waals surface area contributed by atoms with E-state index in [1.807, 2.05) is 30.3 Å². The molecule has 4 fully saturated rings. The van der Waals surface area contributed by atoms with E-state index in [2.05, 4.69) is 24.1 Å². The molecule has 6 aliphatic rings. The van der Waals surface area contributed by atoms with E-state index in [-0.39, 0.29) is 28.6 Å². The summed E-state index contributed by atoms with van der Waals surface area (Å²) in [6.45, 7) is 1.04. The van der Waals surface area contributed by atoms with E-state index in [9.17, 15) is 4.79 Å². The average Bonchev–Trinajstić information content (AvgIpc) is 3.23. The minimum atomic E-state index is -0.631. The third-order valence-electron chi connectivity index (χ3n) is 10.2. The Kier molecular flexibility index (Phi) is 3.88.